The molecule has 0 amide bonds. The lowest BCUT2D eigenvalue weighted by atomic mass is 10.0. The molecule has 0 bridgehead atoms. The first-order valence-corrected chi connectivity index (χ1v) is 7.25. The molecule has 0 radical (unpaired) electrons. The number of carbonyl (C=O) groups excluding carboxylic acids is 1. The largest absolute Gasteiger partial charge is 0.466 e. The molecule has 0 fully saturated rings. The summed E-state index contributed by atoms with van der Waals surface area (Å²) in [5.74, 6) is -0.711. The third-order valence-corrected chi connectivity index (χ3v) is 3.48. The van der Waals surface area contributed by atoms with Crippen molar-refractivity contribution in [3.63, 3.8) is 0 Å². The van der Waals surface area contributed by atoms with Gasteiger partial charge in [-0.25, -0.2) is 4.39 Å². The molecule has 1 aromatic carbocycles. The van der Waals surface area contributed by atoms with Crippen molar-refractivity contribution in [1.82, 2.24) is 4.90 Å². The summed E-state index contributed by atoms with van der Waals surface area (Å²) >= 11 is 5.78. The normalized spacial score (nSPS) is 12.5. The van der Waals surface area contributed by atoms with Crippen molar-refractivity contribution in [3.05, 3.63) is 34.6 Å². The predicted octanol–water partition coefficient (Wildman–Crippen LogP) is 3.82. The maximum atomic E-state index is 14.1. The molecule has 0 heterocycles. The molecule has 0 aliphatic carbocycles. The SMILES string of the molecule is CCOC(=O)CC(c1ccc(Cl)cc1F)N(CC)CC. The third-order valence-electron chi connectivity index (χ3n) is 3.24. The van der Waals surface area contributed by atoms with Crippen LogP contribution in [0.2, 0.25) is 5.02 Å². The third kappa shape index (κ3) is 4.46. The molecule has 5 heteroatoms. The molecule has 1 aromatic rings. The summed E-state index contributed by atoms with van der Waals surface area (Å²) < 4.78 is 19.1. The van der Waals surface area contributed by atoms with Crippen LogP contribution >= 0.6 is 11.6 Å². The maximum Gasteiger partial charge on any atom is 0.307 e. The van der Waals surface area contributed by atoms with E-state index < -0.39 is 5.82 Å². The van der Waals surface area contributed by atoms with Gasteiger partial charge in [-0.3, -0.25) is 9.69 Å². The minimum atomic E-state index is -0.390. The van der Waals surface area contributed by atoms with E-state index in [9.17, 15) is 9.18 Å². The number of hydrogen-bond donors (Lipinski definition) is 0. The number of benzene rings is 1. The van der Waals surface area contributed by atoms with Crippen LogP contribution in [-0.4, -0.2) is 30.6 Å². The molecule has 0 aliphatic rings. The van der Waals surface area contributed by atoms with Gasteiger partial charge in [0, 0.05) is 16.6 Å². The summed E-state index contributed by atoms with van der Waals surface area (Å²) in [7, 11) is 0. The Kier molecular flexibility index (Phi) is 6.96. The highest BCUT2D eigenvalue weighted by Crippen LogP contribution is 2.28. The number of esters is 1. The van der Waals surface area contributed by atoms with Crippen LogP contribution in [0.5, 0.6) is 0 Å². The smallest absolute Gasteiger partial charge is 0.307 e. The van der Waals surface area contributed by atoms with E-state index in [1.165, 1.54) is 6.07 Å². The van der Waals surface area contributed by atoms with Gasteiger partial charge in [0.25, 0.3) is 0 Å². The number of halogens is 2. The van der Waals surface area contributed by atoms with Gasteiger partial charge in [0.05, 0.1) is 13.0 Å². The van der Waals surface area contributed by atoms with Gasteiger partial charge in [-0.2, -0.15) is 0 Å². The van der Waals surface area contributed by atoms with Crippen LogP contribution in [0.4, 0.5) is 4.39 Å². The zero-order valence-corrected chi connectivity index (χ0v) is 12.9. The van der Waals surface area contributed by atoms with Gasteiger partial charge in [-0.1, -0.05) is 31.5 Å². The van der Waals surface area contributed by atoms with Crippen LogP contribution in [0.1, 0.15) is 38.8 Å². The van der Waals surface area contributed by atoms with Crippen LogP contribution in [0.15, 0.2) is 18.2 Å². The molecule has 20 heavy (non-hydrogen) atoms. The van der Waals surface area contributed by atoms with Gasteiger partial charge >= 0.3 is 5.97 Å². The zero-order valence-electron chi connectivity index (χ0n) is 12.2. The van der Waals surface area contributed by atoms with Gasteiger partial charge in [0.15, 0.2) is 0 Å². The topological polar surface area (TPSA) is 29.5 Å². The second-order valence-corrected chi connectivity index (χ2v) is 4.85. The van der Waals surface area contributed by atoms with Gasteiger partial charge in [-0.15, -0.1) is 0 Å². The average molecular weight is 302 g/mol. The molecule has 3 nitrogen and oxygen atoms in total. The summed E-state index contributed by atoms with van der Waals surface area (Å²) in [4.78, 5) is 13.8. The quantitative estimate of drug-likeness (QED) is 0.717. The van der Waals surface area contributed by atoms with E-state index in [0.29, 0.717) is 17.2 Å². The van der Waals surface area contributed by atoms with Crippen LogP contribution in [0.25, 0.3) is 0 Å². The van der Waals surface area contributed by atoms with Crippen molar-refractivity contribution < 1.29 is 13.9 Å². The molecule has 0 aromatic heterocycles. The molecule has 0 spiro atoms. The lowest BCUT2D eigenvalue weighted by molar-refractivity contribution is -0.144. The minimum absolute atomic E-state index is 0.133. The molecule has 1 unspecified atom stereocenters. The fourth-order valence-corrected chi connectivity index (χ4v) is 2.41. The Labute approximate surface area is 124 Å². The van der Waals surface area contributed by atoms with Crippen LogP contribution in [0.3, 0.4) is 0 Å². The highest BCUT2D eigenvalue weighted by molar-refractivity contribution is 6.30. The van der Waals surface area contributed by atoms with Crippen molar-refractivity contribution in [2.75, 3.05) is 19.7 Å². The van der Waals surface area contributed by atoms with Gasteiger partial charge in [0.2, 0.25) is 0 Å². The zero-order chi connectivity index (χ0) is 15.1. The fraction of sp³-hybridized carbons (Fsp3) is 0.533. The second-order valence-electron chi connectivity index (χ2n) is 4.41. The molecule has 1 rings (SSSR count). The first-order valence-electron chi connectivity index (χ1n) is 6.88. The Hall–Kier alpha value is -1.13. The highest BCUT2D eigenvalue weighted by atomic mass is 35.5. The van der Waals surface area contributed by atoms with E-state index in [-0.39, 0.29) is 18.4 Å². The van der Waals surface area contributed by atoms with E-state index in [4.69, 9.17) is 16.3 Å². The molecule has 0 saturated carbocycles. The van der Waals surface area contributed by atoms with Crippen LogP contribution in [-0.2, 0) is 9.53 Å². The van der Waals surface area contributed by atoms with E-state index >= 15 is 0 Å². The average Bonchev–Trinajstić information content (AvgIpc) is 2.39. The minimum Gasteiger partial charge on any atom is -0.466 e. The molecular weight excluding hydrogens is 281 g/mol. The lowest BCUT2D eigenvalue weighted by Crippen LogP contribution is -2.31. The van der Waals surface area contributed by atoms with Gasteiger partial charge in [-0.05, 0) is 32.1 Å². The summed E-state index contributed by atoms with van der Waals surface area (Å²) in [6.07, 6.45) is 0.133. The van der Waals surface area contributed by atoms with Crippen LogP contribution in [0, 0.1) is 5.82 Å². The molecule has 0 saturated heterocycles. The molecule has 1 atom stereocenters. The van der Waals surface area contributed by atoms with Gasteiger partial charge < -0.3 is 4.74 Å². The number of hydrogen-bond acceptors (Lipinski definition) is 3. The summed E-state index contributed by atoms with van der Waals surface area (Å²) in [5, 5.41) is 0.348. The van der Waals surface area contributed by atoms with Crippen molar-refractivity contribution in [1.29, 1.82) is 0 Å². The Balaban J connectivity index is 3.05. The number of nitrogens with zero attached hydrogens (tertiary/aromatic N) is 1. The van der Waals surface area contributed by atoms with E-state index in [1.54, 1.807) is 19.1 Å². The Morgan fingerprint density at radius 1 is 1.35 bits per heavy atom. The van der Waals surface area contributed by atoms with Crippen molar-refractivity contribution >= 4 is 17.6 Å². The second kappa shape index (κ2) is 8.22. The highest BCUT2D eigenvalue weighted by Gasteiger charge is 2.24. The van der Waals surface area contributed by atoms with Crippen molar-refractivity contribution in [2.24, 2.45) is 0 Å². The first-order chi connectivity index (χ1) is 9.53. The fourth-order valence-electron chi connectivity index (χ4n) is 2.25. The van der Waals surface area contributed by atoms with Crippen molar-refractivity contribution in [3.8, 4) is 0 Å². The summed E-state index contributed by atoms with van der Waals surface area (Å²) in [5.41, 5.74) is 0.478. The Morgan fingerprint density at radius 3 is 2.50 bits per heavy atom. The van der Waals surface area contributed by atoms with E-state index in [0.717, 1.165) is 13.1 Å². The van der Waals surface area contributed by atoms with E-state index in [2.05, 4.69) is 0 Å². The predicted molar refractivity (Wildman–Crippen MR) is 78.3 cm³/mol. The number of rotatable bonds is 7. The van der Waals surface area contributed by atoms with E-state index in [1.807, 2.05) is 18.7 Å². The van der Waals surface area contributed by atoms with Crippen molar-refractivity contribution in [2.45, 2.75) is 33.2 Å². The molecular formula is C15H21ClFNO2. The number of carbonyl (C=O) groups is 1. The Bertz CT molecular complexity index is 449. The maximum absolute atomic E-state index is 14.1. The molecule has 112 valence electrons. The lowest BCUT2D eigenvalue weighted by Gasteiger charge is -2.29. The first kappa shape index (κ1) is 16.9. The Morgan fingerprint density at radius 2 is 2.00 bits per heavy atom. The summed E-state index contributed by atoms with van der Waals surface area (Å²) in [6, 6.07) is 4.22. The van der Waals surface area contributed by atoms with Gasteiger partial charge in [0.1, 0.15) is 5.82 Å². The standard InChI is InChI=1S/C15H21ClFNO2/c1-4-18(5-2)14(10-15(19)20-6-3)12-8-7-11(16)9-13(12)17/h7-9,14H,4-6,10H2,1-3H3. The monoisotopic (exact) mass is 301 g/mol. The summed E-state index contributed by atoms with van der Waals surface area (Å²) in [6.45, 7) is 7.50. The molecule has 0 aliphatic heterocycles. The number of ether oxygens (including phenoxy) is 1. The molecule has 0 N–H and O–H groups in total. The van der Waals surface area contributed by atoms with Crippen LogP contribution < -0.4 is 0 Å².